The molecule has 0 aromatic heterocycles. The highest BCUT2D eigenvalue weighted by Gasteiger charge is 2.30. The van der Waals surface area contributed by atoms with Crippen LogP contribution in [0.2, 0.25) is 5.02 Å². The Labute approximate surface area is 147 Å². The van der Waals surface area contributed by atoms with Crippen LogP contribution < -0.4 is 4.90 Å². The molecule has 1 heterocycles. The second-order valence-electron chi connectivity index (χ2n) is 6.16. The SMILES string of the molecule is Cc1cccc([C@@H](C(=O)O)N2CCN(c3cccc(Cl)c3)CC2)c1. The molecule has 1 N–H and O–H groups in total. The number of halogens is 1. The van der Waals surface area contributed by atoms with Crippen molar-refractivity contribution in [2.24, 2.45) is 0 Å². The fourth-order valence-corrected chi connectivity index (χ4v) is 3.45. The maximum Gasteiger partial charge on any atom is 0.325 e. The molecule has 0 spiro atoms. The topological polar surface area (TPSA) is 43.8 Å². The molecule has 0 aliphatic carbocycles. The lowest BCUT2D eigenvalue weighted by Gasteiger charge is -2.39. The molecule has 24 heavy (non-hydrogen) atoms. The average molecular weight is 345 g/mol. The summed E-state index contributed by atoms with van der Waals surface area (Å²) in [5.74, 6) is -0.795. The minimum Gasteiger partial charge on any atom is -0.480 e. The lowest BCUT2D eigenvalue weighted by Crippen LogP contribution is -2.49. The molecule has 0 amide bonds. The third-order valence-electron chi connectivity index (χ3n) is 4.44. The molecule has 2 aromatic carbocycles. The van der Waals surface area contributed by atoms with Crippen LogP contribution >= 0.6 is 11.6 Å². The van der Waals surface area contributed by atoms with E-state index >= 15 is 0 Å². The number of anilines is 1. The largest absolute Gasteiger partial charge is 0.480 e. The van der Waals surface area contributed by atoms with Crippen LogP contribution in [0.25, 0.3) is 0 Å². The number of nitrogens with zero attached hydrogens (tertiary/aromatic N) is 2. The number of hydrogen-bond acceptors (Lipinski definition) is 3. The van der Waals surface area contributed by atoms with Gasteiger partial charge in [-0.15, -0.1) is 0 Å². The van der Waals surface area contributed by atoms with Crippen molar-refractivity contribution in [2.75, 3.05) is 31.1 Å². The van der Waals surface area contributed by atoms with Crippen LogP contribution in [0.1, 0.15) is 17.2 Å². The van der Waals surface area contributed by atoms with E-state index in [4.69, 9.17) is 11.6 Å². The number of rotatable bonds is 4. The molecule has 4 nitrogen and oxygen atoms in total. The molecular formula is C19H21ClN2O2. The van der Waals surface area contributed by atoms with Gasteiger partial charge in [-0.2, -0.15) is 0 Å². The second-order valence-corrected chi connectivity index (χ2v) is 6.59. The van der Waals surface area contributed by atoms with Gasteiger partial charge in [0.05, 0.1) is 0 Å². The van der Waals surface area contributed by atoms with Crippen LogP contribution in [0, 0.1) is 6.92 Å². The van der Waals surface area contributed by atoms with Crippen LogP contribution in [0.15, 0.2) is 48.5 Å². The van der Waals surface area contributed by atoms with Crippen molar-refractivity contribution in [1.29, 1.82) is 0 Å². The zero-order valence-corrected chi connectivity index (χ0v) is 14.4. The van der Waals surface area contributed by atoms with E-state index in [2.05, 4.69) is 4.90 Å². The van der Waals surface area contributed by atoms with E-state index in [0.717, 1.165) is 34.9 Å². The molecule has 1 fully saturated rings. The molecule has 1 aliphatic heterocycles. The first-order chi connectivity index (χ1) is 11.5. The average Bonchev–Trinajstić information content (AvgIpc) is 2.55. The van der Waals surface area contributed by atoms with E-state index < -0.39 is 12.0 Å². The van der Waals surface area contributed by atoms with E-state index in [1.165, 1.54) is 0 Å². The number of carboxylic acids is 1. The van der Waals surface area contributed by atoms with Gasteiger partial charge in [-0.1, -0.05) is 47.5 Å². The number of aliphatic carboxylic acids is 1. The van der Waals surface area contributed by atoms with Crippen LogP contribution in [-0.4, -0.2) is 42.2 Å². The van der Waals surface area contributed by atoms with Crippen LogP contribution in [0.3, 0.4) is 0 Å². The summed E-state index contributed by atoms with van der Waals surface area (Å²) in [4.78, 5) is 16.1. The molecule has 0 bridgehead atoms. The van der Waals surface area contributed by atoms with E-state index in [1.807, 2.05) is 60.4 Å². The zero-order valence-electron chi connectivity index (χ0n) is 13.7. The molecule has 2 aromatic rings. The first kappa shape index (κ1) is 16.8. The van der Waals surface area contributed by atoms with Gasteiger partial charge in [0.15, 0.2) is 0 Å². The Balaban J connectivity index is 1.73. The van der Waals surface area contributed by atoms with E-state index in [0.29, 0.717) is 13.1 Å². The van der Waals surface area contributed by atoms with Gasteiger partial charge in [0, 0.05) is 36.9 Å². The Hall–Kier alpha value is -2.04. The number of benzene rings is 2. The van der Waals surface area contributed by atoms with Gasteiger partial charge < -0.3 is 10.0 Å². The van der Waals surface area contributed by atoms with Crippen molar-refractivity contribution >= 4 is 23.3 Å². The molecule has 3 rings (SSSR count). The van der Waals surface area contributed by atoms with Crippen molar-refractivity contribution in [2.45, 2.75) is 13.0 Å². The summed E-state index contributed by atoms with van der Waals surface area (Å²) in [6.45, 7) is 4.97. The summed E-state index contributed by atoms with van der Waals surface area (Å²) in [5, 5.41) is 10.4. The van der Waals surface area contributed by atoms with E-state index in [1.54, 1.807) is 0 Å². The molecule has 1 saturated heterocycles. The van der Waals surface area contributed by atoms with Gasteiger partial charge in [-0.05, 0) is 30.7 Å². The van der Waals surface area contributed by atoms with Crippen LogP contribution in [0.5, 0.6) is 0 Å². The number of aryl methyl sites for hydroxylation is 1. The van der Waals surface area contributed by atoms with Crippen molar-refractivity contribution in [3.8, 4) is 0 Å². The molecule has 126 valence electrons. The Morgan fingerprint density at radius 3 is 2.42 bits per heavy atom. The predicted molar refractivity (Wildman–Crippen MR) is 96.8 cm³/mol. The molecular weight excluding hydrogens is 324 g/mol. The molecule has 1 atom stereocenters. The Bertz CT molecular complexity index is 727. The van der Waals surface area contributed by atoms with Gasteiger partial charge in [0.25, 0.3) is 0 Å². The van der Waals surface area contributed by atoms with Gasteiger partial charge in [0.2, 0.25) is 0 Å². The third-order valence-corrected chi connectivity index (χ3v) is 4.68. The summed E-state index contributed by atoms with van der Waals surface area (Å²) < 4.78 is 0. The van der Waals surface area contributed by atoms with Gasteiger partial charge in [-0.3, -0.25) is 9.69 Å². The Morgan fingerprint density at radius 2 is 1.79 bits per heavy atom. The summed E-state index contributed by atoms with van der Waals surface area (Å²) in [7, 11) is 0. The number of carboxylic acid groups (broad SMARTS) is 1. The monoisotopic (exact) mass is 344 g/mol. The normalized spacial score (nSPS) is 16.8. The van der Waals surface area contributed by atoms with Crippen LogP contribution in [-0.2, 0) is 4.79 Å². The van der Waals surface area contributed by atoms with E-state index in [9.17, 15) is 9.90 Å². The highest BCUT2D eigenvalue weighted by Crippen LogP contribution is 2.26. The number of hydrogen-bond donors (Lipinski definition) is 1. The Morgan fingerprint density at radius 1 is 1.08 bits per heavy atom. The van der Waals surface area contributed by atoms with Crippen LogP contribution in [0.4, 0.5) is 5.69 Å². The fraction of sp³-hybridized carbons (Fsp3) is 0.316. The highest BCUT2D eigenvalue weighted by atomic mass is 35.5. The lowest BCUT2D eigenvalue weighted by atomic mass is 10.0. The standard InChI is InChI=1S/C19H21ClN2O2/c1-14-4-2-5-15(12-14)18(19(23)24)22-10-8-21(9-11-22)17-7-3-6-16(20)13-17/h2-7,12-13,18H,8-11H2,1H3,(H,23,24)/t18-/m0/s1. The highest BCUT2D eigenvalue weighted by molar-refractivity contribution is 6.30. The first-order valence-electron chi connectivity index (χ1n) is 8.08. The molecule has 1 aliphatic rings. The molecule has 0 saturated carbocycles. The quantitative estimate of drug-likeness (QED) is 0.920. The fourth-order valence-electron chi connectivity index (χ4n) is 3.26. The summed E-state index contributed by atoms with van der Waals surface area (Å²) in [6, 6.07) is 15.0. The molecule has 0 radical (unpaired) electrons. The third kappa shape index (κ3) is 3.71. The summed E-state index contributed by atoms with van der Waals surface area (Å²) >= 11 is 6.06. The molecule has 5 heteroatoms. The van der Waals surface area contributed by atoms with Crippen molar-refractivity contribution in [1.82, 2.24) is 4.90 Å². The maximum atomic E-state index is 11.8. The lowest BCUT2D eigenvalue weighted by molar-refractivity contribution is -0.143. The van der Waals surface area contributed by atoms with Crippen molar-refractivity contribution in [3.05, 3.63) is 64.7 Å². The second kappa shape index (κ2) is 7.24. The van der Waals surface area contributed by atoms with Crippen molar-refractivity contribution < 1.29 is 9.90 Å². The maximum absolute atomic E-state index is 11.8. The smallest absolute Gasteiger partial charge is 0.325 e. The van der Waals surface area contributed by atoms with Gasteiger partial charge in [-0.25, -0.2) is 0 Å². The minimum absolute atomic E-state index is 0.591. The minimum atomic E-state index is -0.795. The number of carbonyl (C=O) groups is 1. The van der Waals surface area contributed by atoms with Gasteiger partial charge >= 0.3 is 5.97 Å². The Kier molecular flexibility index (Phi) is 5.07. The molecule has 0 unspecified atom stereocenters. The number of piperazine rings is 1. The first-order valence-corrected chi connectivity index (χ1v) is 8.46. The van der Waals surface area contributed by atoms with E-state index in [-0.39, 0.29) is 0 Å². The predicted octanol–water partition coefficient (Wildman–Crippen LogP) is 3.60. The van der Waals surface area contributed by atoms with Crippen molar-refractivity contribution in [3.63, 3.8) is 0 Å². The zero-order chi connectivity index (χ0) is 17.1. The summed E-state index contributed by atoms with van der Waals surface area (Å²) in [5.41, 5.74) is 3.01. The van der Waals surface area contributed by atoms with Gasteiger partial charge in [0.1, 0.15) is 6.04 Å². The summed E-state index contributed by atoms with van der Waals surface area (Å²) in [6.07, 6.45) is 0.